The van der Waals surface area contributed by atoms with Gasteiger partial charge in [0.05, 0.1) is 0 Å². The summed E-state index contributed by atoms with van der Waals surface area (Å²) in [6, 6.07) is -0.536. The Hall–Kier alpha value is -0.580. The van der Waals surface area contributed by atoms with Gasteiger partial charge in [-0.15, -0.1) is 0 Å². The first-order valence-corrected chi connectivity index (χ1v) is 7.38. The van der Waals surface area contributed by atoms with Crippen LogP contribution in [0.25, 0.3) is 0 Å². The molecular weight excluding hydrogens is 282 g/mol. The zero-order valence-corrected chi connectivity index (χ0v) is 10.8. The molecule has 2 amide bonds. The number of hydrogen-bond donors (Lipinski definition) is 2. The molecular formula is C12H14BrN3O. The highest BCUT2D eigenvalue weighted by atomic mass is 79.9. The maximum Gasteiger partial charge on any atom is 0.332 e. The van der Waals surface area contributed by atoms with E-state index in [-0.39, 0.29) is 0 Å². The summed E-state index contributed by atoms with van der Waals surface area (Å²) in [5, 5.41) is 4.35. The molecule has 9 atom stereocenters. The van der Waals surface area contributed by atoms with Crippen LogP contribution in [-0.2, 0) is 0 Å². The van der Waals surface area contributed by atoms with E-state index in [1.54, 1.807) is 0 Å². The second-order valence-electron chi connectivity index (χ2n) is 6.38. The number of alkyl halides is 1. The minimum Gasteiger partial charge on any atom is -0.350 e. The van der Waals surface area contributed by atoms with Crippen molar-refractivity contribution in [3.05, 3.63) is 0 Å². The standard InChI is InChI=1S/C12H14BrN3O/c13-10-6-2-1-3-4(6)9-8(10)5(2)7(3)11(9)15-16-12(14)17/h2-10H,1H2,(H3,14,16,17)/b15-11-/t2-,3+,4+,5+,6-,7-,8-,9+,10+/m0/s1. The molecule has 0 saturated heterocycles. The van der Waals surface area contributed by atoms with Crippen molar-refractivity contribution in [2.45, 2.75) is 11.2 Å². The van der Waals surface area contributed by atoms with Gasteiger partial charge in [0.2, 0.25) is 0 Å². The first kappa shape index (κ1) is 9.36. The fourth-order valence-corrected chi connectivity index (χ4v) is 7.92. The maximum atomic E-state index is 10.8. The molecule has 6 rings (SSSR count). The number of halogens is 1. The third-order valence-electron chi connectivity index (χ3n) is 6.34. The van der Waals surface area contributed by atoms with Crippen LogP contribution in [0.2, 0.25) is 0 Å². The van der Waals surface area contributed by atoms with Crippen molar-refractivity contribution < 1.29 is 4.79 Å². The first-order valence-electron chi connectivity index (χ1n) is 6.47. The fraction of sp³-hybridized carbons (Fsp3) is 0.833. The predicted molar refractivity (Wildman–Crippen MR) is 65.4 cm³/mol. The Morgan fingerprint density at radius 2 is 2.00 bits per heavy atom. The highest BCUT2D eigenvalue weighted by Gasteiger charge is 2.82. The van der Waals surface area contributed by atoms with E-state index < -0.39 is 6.03 Å². The SMILES string of the molecule is NC(=O)N/N=C1/[C@H]2[C@@H]3C[C@H]4[C@H]2[C@@H]2[C@H](Br)[C@@H]4[C@@H]3[C@@H]12. The van der Waals surface area contributed by atoms with Gasteiger partial charge in [0.25, 0.3) is 0 Å². The Morgan fingerprint density at radius 3 is 2.71 bits per heavy atom. The van der Waals surface area contributed by atoms with Gasteiger partial charge < -0.3 is 5.73 Å². The molecule has 6 saturated carbocycles. The molecule has 0 heterocycles. The van der Waals surface area contributed by atoms with Crippen LogP contribution in [-0.4, -0.2) is 16.6 Å². The number of amides is 2. The van der Waals surface area contributed by atoms with Gasteiger partial charge in [0, 0.05) is 22.4 Å². The Morgan fingerprint density at radius 1 is 1.24 bits per heavy atom. The molecule has 0 aromatic carbocycles. The third-order valence-corrected chi connectivity index (χ3v) is 7.56. The normalized spacial score (nSPS) is 65.7. The smallest absolute Gasteiger partial charge is 0.332 e. The lowest BCUT2D eigenvalue weighted by atomic mass is 9.71. The van der Waals surface area contributed by atoms with Crippen molar-refractivity contribution in [2.75, 3.05) is 0 Å². The Labute approximate surface area is 108 Å². The van der Waals surface area contributed by atoms with Gasteiger partial charge >= 0.3 is 6.03 Å². The summed E-state index contributed by atoms with van der Waals surface area (Å²) in [5.74, 6) is 6.55. The largest absolute Gasteiger partial charge is 0.350 e. The number of hydrazone groups is 1. The Balaban J connectivity index is 1.62. The van der Waals surface area contributed by atoms with Gasteiger partial charge in [-0.3, -0.25) is 0 Å². The molecule has 0 aliphatic heterocycles. The topological polar surface area (TPSA) is 67.5 Å². The maximum absolute atomic E-state index is 10.8. The van der Waals surface area contributed by atoms with Crippen LogP contribution in [0.5, 0.6) is 0 Å². The summed E-state index contributed by atoms with van der Waals surface area (Å²) in [6.45, 7) is 0. The molecule has 5 heteroatoms. The minimum absolute atomic E-state index is 0.536. The lowest BCUT2D eigenvalue weighted by Crippen LogP contribution is -2.30. The van der Waals surface area contributed by atoms with Crippen LogP contribution in [0.4, 0.5) is 4.79 Å². The molecule has 6 aliphatic carbocycles. The second kappa shape index (κ2) is 2.56. The van der Waals surface area contributed by atoms with Gasteiger partial charge in [0.1, 0.15) is 0 Å². The molecule has 90 valence electrons. The molecule has 6 fully saturated rings. The summed E-state index contributed by atoms with van der Waals surface area (Å²) in [7, 11) is 0. The highest BCUT2D eigenvalue weighted by Crippen LogP contribution is 2.82. The quantitative estimate of drug-likeness (QED) is 0.553. The number of nitrogens with one attached hydrogen (secondary N) is 1. The van der Waals surface area contributed by atoms with Crippen LogP contribution in [0.3, 0.4) is 0 Å². The fourth-order valence-electron chi connectivity index (χ4n) is 6.49. The summed E-state index contributed by atoms with van der Waals surface area (Å²) >= 11 is 3.93. The van der Waals surface area contributed by atoms with Crippen molar-refractivity contribution in [1.29, 1.82) is 0 Å². The van der Waals surface area contributed by atoms with Crippen LogP contribution in [0.15, 0.2) is 5.10 Å². The van der Waals surface area contributed by atoms with Crippen LogP contribution in [0.1, 0.15) is 6.42 Å². The lowest BCUT2D eigenvalue weighted by Gasteiger charge is -2.32. The lowest BCUT2D eigenvalue weighted by molar-refractivity contribution is 0.132. The summed E-state index contributed by atoms with van der Waals surface area (Å²) < 4.78 is 0. The number of rotatable bonds is 1. The van der Waals surface area contributed by atoms with Gasteiger partial charge in [-0.05, 0) is 41.9 Å². The van der Waals surface area contributed by atoms with Crippen molar-refractivity contribution >= 4 is 27.7 Å². The van der Waals surface area contributed by atoms with E-state index in [9.17, 15) is 4.79 Å². The van der Waals surface area contributed by atoms with Crippen LogP contribution < -0.4 is 11.2 Å². The number of carbonyl (C=O) groups is 1. The second-order valence-corrected chi connectivity index (χ2v) is 7.44. The number of nitrogens with zero attached hydrogens (tertiary/aromatic N) is 1. The van der Waals surface area contributed by atoms with E-state index in [0.29, 0.717) is 16.7 Å². The van der Waals surface area contributed by atoms with Gasteiger partial charge in [-0.1, -0.05) is 15.9 Å². The monoisotopic (exact) mass is 295 g/mol. The van der Waals surface area contributed by atoms with E-state index >= 15 is 0 Å². The molecule has 6 aliphatic rings. The average Bonchev–Trinajstić information content (AvgIpc) is 2.97. The number of nitrogens with two attached hydrogens (primary N) is 1. The van der Waals surface area contributed by atoms with Crippen LogP contribution >= 0.6 is 15.9 Å². The van der Waals surface area contributed by atoms with E-state index in [4.69, 9.17) is 5.73 Å². The zero-order chi connectivity index (χ0) is 11.5. The van der Waals surface area contributed by atoms with Gasteiger partial charge in [0.15, 0.2) is 0 Å². The molecule has 4 nitrogen and oxygen atoms in total. The first-order chi connectivity index (χ1) is 8.20. The predicted octanol–water partition coefficient (Wildman–Crippen LogP) is 1.16. The average molecular weight is 296 g/mol. The molecule has 6 bridgehead atoms. The summed E-state index contributed by atoms with van der Waals surface area (Å²) in [4.78, 5) is 11.5. The summed E-state index contributed by atoms with van der Waals surface area (Å²) in [6.07, 6.45) is 1.41. The molecule has 0 aromatic heterocycles. The molecule has 0 unspecified atom stereocenters. The van der Waals surface area contributed by atoms with E-state index in [2.05, 4.69) is 26.5 Å². The Bertz CT molecular complexity index is 476. The third kappa shape index (κ3) is 0.761. The highest BCUT2D eigenvalue weighted by molar-refractivity contribution is 9.09. The van der Waals surface area contributed by atoms with E-state index in [1.807, 2.05) is 0 Å². The van der Waals surface area contributed by atoms with Gasteiger partial charge in [-0.25, -0.2) is 10.2 Å². The molecule has 3 N–H and O–H groups in total. The number of primary amides is 1. The number of urea groups is 1. The molecule has 17 heavy (non-hydrogen) atoms. The van der Waals surface area contributed by atoms with E-state index in [0.717, 1.165) is 35.5 Å². The van der Waals surface area contributed by atoms with E-state index in [1.165, 1.54) is 12.1 Å². The minimum atomic E-state index is -0.536. The summed E-state index contributed by atoms with van der Waals surface area (Å²) in [5.41, 5.74) is 8.86. The number of carbonyl (C=O) groups excluding carboxylic acids is 1. The Kier molecular flexibility index (Phi) is 1.41. The molecule has 0 spiro atoms. The molecule has 0 radical (unpaired) electrons. The van der Waals surface area contributed by atoms with Crippen LogP contribution in [0, 0.1) is 47.3 Å². The van der Waals surface area contributed by atoms with Gasteiger partial charge in [-0.2, -0.15) is 5.10 Å². The molecule has 0 aromatic rings. The number of hydrogen-bond acceptors (Lipinski definition) is 2. The van der Waals surface area contributed by atoms with Crippen molar-refractivity contribution in [3.63, 3.8) is 0 Å². The van der Waals surface area contributed by atoms with Crippen molar-refractivity contribution in [1.82, 2.24) is 5.43 Å². The zero-order valence-electron chi connectivity index (χ0n) is 9.21. The van der Waals surface area contributed by atoms with Crippen molar-refractivity contribution in [2.24, 2.45) is 58.2 Å². The van der Waals surface area contributed by atoms with Crippen molar-refractivity contribution in [3.8, 4) is 0 Å².